The van der Waals surface area contributed by atoms with Gasteiger partial charge in [-0.1, -0.05) is 146 Å². The van der Waals surface area contributed by atoms with Crippen LogP contribution in [0.15, 0.2) is 158 Å². The van der Waals surface area contributed by atoms with Crippen molar-refractivity contribution in [1.82, 2.24) is 0 Å². The van der Waals surface area contributed by atoms with Crippen molar-refractivity contribution in [2.75, 3.05) is 0 Å². The molecule has 4 bridgehead atoms. The molecule has 0 amide bonds. The molecule has 0 radical (unpaired) electrons. The number of hydrogen-bond donors (Lipinski definition) is 0. The van der Waals surface area contributed by atoms with Gasteiger partial charge in [-0.25, -0.2) is 0 Å². The molecule has 0 N–H and O–H groups in total. The molecule has 266 valence electrons. The Balaban J connectivity index is 1.08. The summed E-state index contributed by atoms with van der Waals surface area (Å²) in [6.07, 6.45) is 7.02. The zero-order valence-electron chi connectivity index (χ0n) is 31.3. The summed E-state index contributed by atoms with van der Waals surface area (Å²) in [7, 11) is 0. The van der Waals surface area contributed by atoms with Crippen LogP contribution in [0.25, 0.3) is 54.9 Å². The minimum atomic E-state index is -0.547. The van der Waals surface area contributed by atoms with Crippen molar-refractivity contribution in [1.29, 1.82) is 0 Å². The van der Waals surface area contributed by atoms with Gasteiger partial charge in [-0.15, -0.1) is 0 Å². The van der Waals surface area contributed by atoms with E-state index in [4.69, 9.17) is 4.74 Å². The van der Waals surface area contributed by atoms with Crippen LogP contribution in [0.5, 0.6) is 11.5 Å². The summed E-state index contributed by atoms with van der Waals surface area (Å²) in [6, 6.07) is 60.3. The van der Waals surface area contributed by atoms with E-state index in [0.29, 0.717) is 0 Å². The molecule has 1 heteroatoms. The summed E-state index contributed by atoms with van der Waals surface area (Å²) >= 11 is 0. The molecule has 1 aliphatic heterocycles. The fourth-order valence-corrected chi connectivity index (χ4v) is 14.0. The van der Waals surface area contributed by atoms with Gasteiger partial charge < -0.3 is 4.74 Å². The van der Waals surface area contributed by atoms with E-state index < -0.39 is 5.41 Å². The van der Waals surface area contributed by atoms with E-state index in [2.05, 4.69) is 158 Å². The standard InChI is InChI=1S/C55H40O/c1-2-12-38-34(11-1)22-24-49-52(38)56-53-44-17-4-3-13-39(44)45(31-51(53)55(49)47-19-9-6-14-40(47)41-15-7-10-20-48(41)55)35-21-23-43-42-16-5-8-18-46(42)54(50(43)30-35)36-26-32-25-33(28-36)29-37(54)27-32/h1-24,30-33,36-37H,25-29H2. The van der Waals surface area contributed by atoms with Gasteiger partial charge in [-0.3, -0.25) is 0 Å². The maximum atomic E-state index is 7.38. The maximum absolute atomic E-state index is 7.38. The van der Waals surface area contributed by atoms with Crippen LogP contribution >= 0.6 is 0 Å². The molecule has 7 aliphatic rings. The van der Waals surface area contributed by atoms with Crippen molar-refractivity contribution in [2.45, 2.75) is 42.9 Å². The summed E-state index contributed by atoms with van der Waals surface area (Å²) in [5.74, 6) is 5.24. The third-order valence-corrected chi connectivity index (χ3v) is 15.7. The average Bonchev–Trinajstić information content (AvgIpc) is 3.70. The number of benzene rings is 8. The quantitative estimate of drug-likeness (QED) is 0.164. The fourth-order valence-electron chi connectivity index (χ4n) is 14.0. The highest BCUT2D eigenvalue weighted by atomic mass is 16.5. The Kier molecular flexibility index (Phi) is 5.67. The van der Waals surface area contributed by atoms with Crippen molar-refractivity contribution < 1.29 is 4.74 Å². The van der Waals surface area contributed by atoms with Crippen molar-refractivity contribution in [3.05, 3.63) is 191 Å². The Morgan fingerprint density at radius 3 is 1.64 bits per heavy atom. The second-order valence-corrected chi connectivity index (χ2v) is 17.9. The van der Waals surface area contributed by atoms with E-state index in [1.165, 1.54) is 104 Å². The lowest BCUT2D eigenvalue weighted by Crippen LogP contribution is -2.55. The molecule has 0 unspecified atom stereocenters. The lowest BCUT2D eigenvalue weighted by Gasteiger charge is -2.61. The molecule has 1 heterocycles. The number of hydrogen-bond acceptors (Lipinski definition) is 1. The predicted octanol–water partition coefficient (Wildman–Crippen LogP) is 13.9. The van der Waals surface area contributed by atoms with Crippen molar-refractivity contribution in [3.63, 3.8) is 0 Å². The summed E-state index contributed by atoms with van der Waals surface area (Å²) in [5.41, 5.74) is 16.1. The highest BCUT2D eigenvalue weighted by Crippen LogP contribution is 2.70. The molecule has 56 heavy (non-hydrogen) atoms. The molecule has 1 nitrogen and oxygen atoms in total. The topological polar surface area (TPSA) is 9.23 Å². The lowest BCUT2D eigenvalue weighted by atomic mass is 9.43. The average molecular weight is 717 g/mol. The molecule has 8 aromatic rings. The van der Waals surface area contributed by atoms with Crippen molar-refractivity contribution in [3.8, 4) is 44.9 Å². The van der Waals surface area contributed by atoms with Gasteiger partial charge in [-0.2, -0.15) is 0 Å². The van der Waals surface area contributed by atoms with Crippen molar-refractivity contribution in [2.24, 2.45) is 23.7 Å². The Hall–Kier alpha value is -5.92. The molecule has 8 aromatic carbocycles. The SMILES string of the molecule is c1ccc2c(c1)-c1ccccc1C21c2ccc3ccccc3c2Oc2c1cc(-c1ccc3c(c1)C1(c4ccccc4-3)C3CC4CC(C3)CC1C4)c1ccccc21. The van der Waals surface area contributed by atoms with E-state index in [9.17, 15) is 0 Å². The van der Waals surface area contributed by atoms with Crippen LogP contribution in [-0.4, -0.2) is 0 Å². The van der Waals surface area contributed by atoms with Crippen LogP contribution in [0.1, 0.15) is 65.5 Å². The van der Waals surface area contributed by atoms with Crippen LogP contribution in [0.3, 0.4) is 0 Å². The first-order valence-corrected chi connectivity index (χ1v) is 20.9. The van der Waals surface area contributed by atoms with Gasteiger partial charge >= 0.3 is 0 Å². The van der Waals surface area contributed by atoms with Crippen molar-refractivity contribution >= 4 is 21.5 Å². The summed E-state index contributed by atoms with van der Waals surface area (Å²) < 4.78 is 7.38. The third-order valence-electron chi connectivity index (χ3n) is 15.7. The Morgan fingerprint density at radius 2 is 0.929 bits per heavy atom. The fraction of sp³-hybridized carbons (Fsp3) is 0.200. The second kappa shape index (κ2) is 10.5. The van der Waals surface area contributed by atoms with Gasteiger partial charge in [0.15, 0.2) is 0 Å². The third kappa shape index (κ3) is 3.48. The van der Waals surface area contributed by atoms with Gasteiger partial charge in [0.25, 0.3) is 0 Å². The van der Waals surface area contributed by atoms with E-state index in [0.717, 1.165) is 40.6 Å². The first-order valence-electron chi connectivity index (χ1n) is 20.9. The molecule has 4 saturated carbocycles. The van der Waals surface area contributed by atoms with Gasteiger partial charge in [0, 0.05) is 27.3 Å². The van der Waals surface area contributed by atoms with E-state index in [1.54, 1.807) is 11.1 Å². The number of rotatable bonds is 1. The summed E-state index contributed by atoms with van der Waals surface area (Å²) in [4.78, 5) is 0. The molecule has 2 spiro atoms. The number of ether oxygens (including phenoxy) is 1. The Bertz CT molecular complexity index is 2960. The first-order chi connectivity index (χ1) is 27.7. The van der Waals surface area contributed by atoms with Crippen LogP contribution in [-0.2, 0) is 10.8 Å². The molecular weight excluding hydrogens is 677 g/mol. The normalized spacial score (nSPS) is 24.8. The monoisotopic (exact) mass is 716 g/mol. The molecule has 4 fully saturated rings. The lowest BCUT2D eigenvalue weighted by molar-refractivity contribution is -0.0399. The van der Waals surface area contributed by atoms with E-state index in [1.807, 2.05) is 0 Å². The summed E-state index contributed by atoms with van der Waals surface area (Å²) in [5, 5.41) is 4.78. The minimum absolute atomic E-state index is 0.118. The van der Waals surface area contributed by atoms with Gasteiger partial charge in [0.05, 0.1) is 5.41 Å². The van der Waals surface area contributed by atoms with E-state index >= 15 is 0 Å². The highest BCUT2D eigenvalue weighted by molar-refractivity contribution is 6.05. The highest BCUT2D eigenvalue weighted by Gasteiger charge is 2.61. The van der Waals surface area contributed by atoms with Gasteiger partial charge in [0.2, 0.25) is 0 Å². The second-order valence-electron chi connectivity index (χ2n) is 17.9. The molecular formula is C55H40O. The zero-order chi connectivity index (χ0) is 36.3. The number of fused-ring (bicyclic) bond motifs is 16. The van der Waals surface area contributed by atoms with E-state index in [-0.39, 0.29) is 5.41 Å². The van der Waals surface area contributed by atoms with Gasteiger partial charge in [0.1, 0.15) is 11.5 Å². The Labute approximate surface area is 327 Å². The molecule has 0 atom stereocenters. The zero-order valence-corrected chi connectivity index (χ0v) is 31.3. The first kappa shape index (κ1) is 30.3. The molecule has 0 aromatic heterocycles. The van der Waals surface area contributed by atoms with Crippen LogP contribution in [0.4, 0.5) is 0 Å². The van der Waals surface area contributed by atoms with Gasteiger partial charge in [-0.05, 0) is 134 Å². The smallest absolute Gasteiger partial charge is 0.140 e. The minimum Gasteiger partial charge on any atom is -0.455 e. The largest absolute Gasteiger partial charge is 0.455 e. The van der Waals surface area contributed by atoms with Crippen LogP contribution < -0.4 is 4.74 Å². The van der Waals surface area contributed by atoms with Crippen LogP contribution in [0, 0.1) is 23.7 Å². The summed E-state index contributed by atoms with van der Waals surface area (Å²) in [6.45, 7) is 0. The van der Waals surface area contributed by atoms with Crippen LogP contribution in [0.2, 0.25) is 0 Å². The molecule has 0 saturated heterocycles. The molecule has 15 rings (SSSR count). The Morgan fingerprint density at radius 1 is 0.375 bits per heavy atom. The molecule has 6 aliphatic carbocycles. The maximum Gasteiger partial charge on any atom is 0.140 e. The predicted molar refractivity (Wildman–Crippen MR) is 228 cm³/mol.